The number of aliphatic imine (C=N–C) groups is 1. The molecule has 1 aromatic rings. The summed E-state index contributed by atoms with van der Waals surface area (Å²) in [6.45, 7) is 4.00. The lowest BCUT2D eigenvalue weighted by Crippen LogP contribution is -2.09. The zero-order valence-corrected chi connectivity index (χ0v) is 13.4. The molecular formula is C15H19NO2S2. The van der Waals surface area contributed by atoms with Gasteiger partial charge in [-0.1, -0.05) is 42.6 Å². The van der Waals surface area contributed by atoms with Gasteiger partial charge < -0.3 is 4.74 Å². The lowest BCUT2D eigenvalue weighted by molar-refractivity contribution is -0.141. The van der Waals surface area contributed by atoms with E-state index in [0.29, 0.717) is 6.61 Å². The number of ether oxygens (including phenoxy) is 1. The van der Waals surface area contributed by atoms with Gasteiger partial charge in [-0.05, 0) is 24.1 Å². The first-order chi connectivity index (χ1) is 9.69. The van der Waals surface area contributed by atoms with Crippen molar-refractivity contribution in [3.8, 4) is 0 Å². The predicted octanol–water partition coefficient (Wildman–Crippen LogP) is 4.21. The summed E-state index contributed by atoms with van der Waals surface area (Å²) in [6.07, 6.45) is 0.951. The molecule has 0 radical (unpaired) electrons. The largest absolute Gasteiger partial charge is 0.465 e. The third kappa shape index (κ3) is 4.56. The minimum atomic E-state index is -0.221. The number of rotatable bonds is 5. The van der Waals surface area contributed by atoms with E-state index in [9.17, 15) is 4.79 Å². The Labute approximate surface area is 128 Å². The van der Waals surface area contributed by atoms with E-state index in [-0.39, 0.29) is 11.9 Å². The Morgan fingerprint density at radius 3 is 2.50 bits per heavy atom. The Balaban J connectivity index is 2.02. The second-order valence-electron chi connectivity index (χ2n) is 4.57. The number of carbonyl (C=O) groups is 1. The molecular weight excluding hydrogens is 290 g/mol. The topological polar surface area (TPSA) is 38.7 Å². The Hall–Kier alpha value is -0.940. The minimum Gasteiger partial charge on any atom is -0.465 e. The van der Waals surface area contributed by atoms with Crippen LogP contribution in [0.5, 0.6) is 0 Å². The van der Waals surface area contributed by atoms with E-state index in [1.807, 2.05) is 35.7 Å². The highest BCUT2D eigenvalue weighted by Crippen LogP contribution is 2.30. The molecule has 0 amide bonds. The lowest BCUT2D eigenvalue weighted by Gasteiger charge is -2.15. The summed E-state index contributed by atoms with van der Waals surface area (Å²) >= 11 is 3.64. The number of thioether (sulfide) groups is 2. The highest BCUT2D eigenvalue weighted by molar-refractivity contribution is 8.41. The van der Waals surface area contributed by atoms with Crippen molar-refractivity contribution in [3.63, 3.8) is 0 Å². The van der Waals surface area contributed by atoms with Gasteiger partial charge in [-0.15, -0.1) is 0 Å². The average Bonchev–Trinajstić information content (AvgIpc) is 2.94. The van der Waals surface area contributed by atoms with Crippen LogP contribution < -0.4 is 0 Å². The van der Waals surface area contributed by atoms with Crippen molar-refractivity contribution in [2.45, 2.75) is 26.2 Å². The van der Waals surface area contributed by atoms with Crippen LogP contribution in [0, 0.1) is 0 Å². The fraction of sp³-hybridized carbons (Fsp3) is 0.467. The number of hydrogen-bond donors (Lipinski definition) is 0. The molecule has 0 saturated carbocycles. The number of nitrogens with zero attached hydrogens (tertiary/aromatic N) is 1. The van der Waals surface area contributed by atoms with Gasteiger partial charge >= 0.3 is 5.97 Å². The molecule has 1 heterocycles. The molecule has 1 atom stereocenters. The molecule has 1 saturated heterocycles. The quantitative estimate of drug-likeness (QED) is 0.764. The number of hydrogen-bond acceptors (Lipinski definition) is 5. The van der Waals surface area contributed by atoms with E-state index in [0.717, 1.165) is 28.0 Å². The smallest absolute Gasteiger partial charge is 0.302 e. The molecule has 3 nitrogen and oxygen atoms in total. The highest BCUT2D eigenvalue weighted by atomic mass is 32.2. The van der Waals surface area contributed by atoms with Crippen LogP contribution >= 0.6 is 23.5 Å². The number of esters is 1. The average molecular weight is 309 g/mol. The highest BCUT2D eigenvalue weighted by Gasteiger charge is 2.12. The Morgan fingerprint density at radius 1 is 1.30 bits per heavy atom. The van der Waals surface area contributed by atoms with Crippen LogP contribution in [0.4, 0.5) is 5.69 Å². The zero-order chi connectivity index (χ0) is 14.4. The molecule has 0 aromatic heterocycles. The van der Waals surface area contributed by atoms with E-state index in [1.165, 1.54) is 12.5 Å². The van der Waals surface area contributed by atoms with Gasteiger partial charge in [0.05, 0.1) is 12.3 Å². The summed E-state index contributed by atoms with van der Waals surface area (Å²) in [5, 5.41) is 0. The summed E-state index contributed by atoms with van der Waals surface area (Å²) in [4.78, 5) is 15.5. The maximum absolute atomic E-state index is 10.9. The van der Waals surface area contributed by atoms with Gasteiger partial charge in [0.15, 0.2) is 0 Å². The molecule has 1 fully saturated rings. The molecule has 1 unspecified atom stereocenters. The maximum atomic E-state index is 10.9. The first kappa shape index (κ1) is 15.4. The van der Waals surface area contributed by atoms with E-state index < -0.39 is 0 Å². The molecule has 0 spiro atoms. The summed E-state index contributed by atoms with van der Waals surface area (Å²) in [7, 11) is 0. The van der Waals surface area contributed by atoms with Crippen molar-refractivity contribution < 1.29 is 9.53 Å². The van der Waals surface area contributed by atoms with Gasteiger partial charge in [-0.3, -0.25) is 4.79 Å². The van der Waals surface area contributed by atoms with Gasteiger partial charge in [0.1, 0.15) is 4.38 Å². The van der Waals surface area contributed by atoms with Crippen molar-refractivity contribution in [2.24, 2.45) is 4.99 Å². The SMILES string of the molecule is CCC(COC(C)=O)c1ccc(N=C2SCCS2)cc1. The summed E-state index contributed by atoms with van der Waals surface area (Å²) in [6, 6.07) is 8.25. The van der Waals surface area contributed by atoms with Gasteiger partial charge in [-0.2, -0.15) is 0 Å². The fourth-order valence-corrected chi connectivity index (χ4v) is 4.15. The van der Waals surface area contributed by atoms with Crippen molar-refractivity contribution in [3.05, 3.63) is 29.8 Å². The fourth-order valence-electron chi connectivity index (χ4n) is 1.96. The van der Waals surface area contributed by atoms with Crippen molar-refractivity contribution >= 4 is 39.6 Å². The third-order valence-electron chi connectivity index (χ3n) is 3.10. The van der Waals surface area contributed by atoms with Crippen LogP contribution in [0.1, 0.15) is 31.7 Å². The maximum Gasteiger partial charge on any atom is 0.302 e. The van der Waals surface area contributed by atoms with Crippen molar-refractivity contribution in [2.75, 3.05) is 18.1 Å². The van der Waals surface area contributed by atoms with Gasteiger partial charge in [0.2, 0.25) is 0 Å². The molecule has 1 aliphatic heterocycles. The van der Waals surface area contributed by atoms with Crippen LogP contribution in [0.2, 0.25) is 0 Å². The van der Waals surface area contributed by atoms with Crippen molar-refractivity contribution in [1.82, 2.24) is 0 Å². The minimum absolute atomic E-state index is 0.221. The Bertz CT molecular complexity index is 477. The van der Waals surface area contributed by atoms with E-state index in [2.05, 4.69) is 24.0 Å². The summed E-state index contributed by atoms with van der Waals surface area (Å²) < 4.78 is 6.27. The molecule has 0 bridgehead atoms. The second kappa shape index (κ2) is 7.74. The normalized spacial score (nSPS) is 16.0. The van der Waals surface area contributed by atoms with Crippen LogP contribution in [0.3, 0.4) is 0 Å². The predicted molar refractivity (Wildman–Crippen MR) is 88.1 cm³/mol. The Kier molecular flexibility index (Phi) is 5.98. The molecule has 0 N–H and O–H groups in total. The van der Waals surface area contributed by atoms with Crippen molar-refractivity contribution in [1.29, 1.82) is 0 Å². The van der Waals surface area contributed by atoms with Crippen LogP contribution in [0.25, 0.3) is 0 Å². The van der Waals surface area contributed by atoms with E-state index in [4.69, 9.17) is 4.74 Å². The third-order valence-corrected chi connectivity index (χ3v) is 5.56. The summed E-state index contributed by atoms with van der Waals surface area (Å²) in [5.41, 5.74) is 2.19. The summed E-state index contributed by atoms with van der Waals surface area (Å²) in [5.74, 6) is 2.35. The Morgan fingerprint density at radius 2 is 1.95 bits per heavy atom. The number of benzene rings is 1. The van der Waals surface area contributed by atoms with Gasteiger partial charge in [-0.25, -0.2) is 4.99 Å². The molecule has 2 rings (SSSR count). The standard InChI is InChI=1S/C15H19NO2S2/c1-3-12(10-18-11(2)17)13-4-6-14(7-5-13)16-15-19-8-9-20-15/h4-7,12H,3,8-10H2,1-2H3. The lowest BCUT2D eigenvalue weighted by atomic mass is 9.97. The van der Waals surface area contributed by atoms with Gasteiger partial charge in [0, 0.05) is 24.3 Å². The van der Waals surface area contributed by atoms with Crippen LogP contribution in [-0.2, 0) is 9.53 Å². The molecule has 20 heavy (non-hydrogen) atoms. The first-order valence-corrected chi connectivity index (χ1v) is 8.73. The molecule has 0 aliphatic carbocycles. The first-order valence-electron chi connectivity index (χ1n) is 6.76. The molecule has 1 aliphatic rings. The zero-order valence-electron chi connectivity index (χ0n) is 11.8. The monoisotopic (exact) mass is 309 g/mol. The molecule has 1 aromatic carbocycles. The van der Waals surface area contributed by atoms with E-state index >= 15 is 0 Å². The van der Waals surface area contributed by atoms with Crippen LogP contribution in [-0.4, -0.2) is 28.5 Å². The van der Waals surface area contributed by atoms with Gasteiger partial charge in [0.25, 0.3) is 0 Å². The second-order valence-corrected chi connectivity index (χ2v) is 7.00. The van der Waals surface area contributed by atoms with Crippen LogP contribution in [0.15, 0.2) is 29.3 Å². The van der Waals surface area contributed by atoms with E-state index in [1.54, 1.807) is 0 Å². The molecule has 5 heteroatoms. The number of carbonyl (C=O) groups excluding carboxylic acids is 1. The molecule has 108 valence electrons.